The van der Waals surface area contributed by atoms with Crippen LogP contribution in [0.25, 0.3) is 5.82 Å². The molecule has 0 radical (unpaired) electrons. The highest BCUT2D eigenvalue weighted by molar-refractivity contribution is 6.01. The maximum absolute atomic E-state index is 12.7. The largest absolute Gasteiger partial charge is 0.490 e. The predicted octanol–water partition coefficient (Wildman–Crippen LogP) is 1.26. The molecule has 31 heavy (non-hydrogen) atoms. The highest BCUT2D eigenvalue weighted by Gasteiger charge is 2.23. The molecule has 14 nitrogen and oxygen atoms in total. The van der Waals surface area contributed by atoms with Gasteiger partial charge in [-0.2, -0.15) is 9.78 Å². The third-order valence-electron chi connectivity index (χ3n) is 4.28. The summed E-state index contributed by atoms with van der Waals surface area (Å²) >= 11 is 0. The molecule has 1 aromatic carbocycles. The lowest BCUT2D eigenvalue weighted by Crippen LogP contribution is -2.21. The molecule has 3 aromatic rings. The van der Waals surface area contributed by atoms with Gasteiger partial charge in [0.1, 0.15) is 0 Å². The Bertz CT molecular complexity index is 1150. The Kier molecular flexibility index (Phi) is 6.18. The van der Waals surface area contributed by atoms with E-state index in [4.69, 9.17) is 10.5 Å². The van der Waals surface area contributed by atoms with E-state index in [1.165, 1.54) is 23.9 Å². The molecular weight excluding hydrogens is 410 g/mol. The van der Waals surface area contributed by atoms with Crippen LogP contribution in [0.3, 0.4) is 0 Å². The van der Waals surface area contributed by atoms with E-state index in [9.17, 15) is 14.9 Å². The number of nitrogens with zero attached hydrogens (tertiary/aromatic N) is 7. The summed E-state index contributed by atoms with van der Waals surface area (Å²) in [6, 6.07) is 4.36. The smallest absolute Gasteiger partial charge is 0.311 e. The molecule has 0 unspecified atom stereocenters. The number of hydrogen-bond acceptors (Lipinski definition) is 11. The lowest BCUT2D eigenvalue weighted by molar-refractivity contribution is -0.385. The van der Waals surface area contributed by atoms with Crippen molar-refractivity contribution in [2.75, 3.05) is 12.8 Å². The summed E-state index contributed by atoms with van der Waals surface area (Å²) in [5, 5.41) is 30.2. The van der Waals surface area contributed by atoms with Crippen LogP contribution in [0.2, 0.25) is 0 Å². The van der Waals surface area contributed by atoms with E-state index in [2.05, 4.69) is 35.8 Å². The van der Waals surface area contributed by atoms with Crippen LogP contribution in [0.4, 0.5) is 11.5 Å². The zero-order chi connectivity index (χ0) is 22.5. The first-order valence-electron chi connectivity index (χ1n) is 9.07. The van der Waals surface area contributed by atoms with Gasteiger partial charge in [-0.1, -0.05) is 18.6 Å². The monoisotopic (exact) mass is 429 g/mol. The van der Waals surface area contributed by atoms with Crippen LogP contribution in [0.1, 0.15) is 42.0 Å². The van der Waals surface area contributed by atoms with Crippen molar-refractivity contribution in [1.82, 2.24) is 30.7 Å². The number of amides is 1. The summed E-state index contributed by atoms with van der Waals surface area (Å²) in [4.78, 5) is 23.3. The summed E-state index contributed by atoms with van der Waals surface area (Å²) in [5.41, 5.74) is 9.14. The Morgan fingerprint density at radius 2 is 2.19 bits per heavy atom. The van der Waals surface area contributed by atoms with Crippen LogP contribution in [-0.4, -0.2) is 49.0 Å². The molecule has 0 spiro atoms. The molecule has 0 atom stereocenters. The SMILES string of the molecule is CCCc1c(C(=O)NN=C(C)c2ccc(OC)c([N+](=O)[O-])c2)nnn1-c1nonc1N. The average molecular weight is 429 g/mol. The number of rotatable bonds is 8. The van der Waals surface area contributed by atoms with Crippen molar-refractivity contribution in [2.24, 2.45) is 5.10 Å². The van der Waals surface area contributed by atoms with Gasteiger partial charge in [0.2, 0.25) is 11.6 Å². The van der Waals surface area contributed by atoms with E-state index >= 15 is 0 Å². The maximum Gasteiger partial charge on any atom is 0.311 e. The van der Waals surface area contributed by atoms with Gasteiger partial charge < -0.3 is 10.5 Å². The number of hydrazone groups is 1. The Morgan fingerprint density at radius 1 is 1.42 bits per heavy atom. The van der Waals surface area contributed by atoms with Gasteiger partial charge in [0, 0.05) is 11.6 Å². The Balaban J connectivity index is 1.86. The molecule has 2 aromatic heterocycles. The number of nitrogen functional groups attached to an aromatic ring is 1. The number of carbonyl (C=O) groups excluding carboxylic acids is 1. The van der Waals surface area contributed by atoms with E-state index in [-0.39, 0.29) is 28.8 Å². The molecule has 1 amide bonds. The van der Waals surface area contributed by atoms with E-state index in [1.807, 2.05) is 6.92 Å². The van der Waals surface area contributed by atoms with Crippen LogP contribution in [0.5, 0.6) is 5.75 Å². The number of nitro groups is 1. The van der Waals surface area contributed by atoms with E-state index in [0.29, 0.717) is 29.8 Å². The molecule has 0 bridgehead atoms. The number of nitrogens with two attached hydrogens (primary N) is 1. The number of carbonyl (C=O) groups is 1. The first-order valence-corrected chi connectivity index (χ1v) is 9.07. The fourth-order valence-corrected chi connectivity index (χ4v) is 2.76. The minimum Gasteiger partial charge on any atom is -0.490 e. The third kappa shape index (κ3) is 4.31. The van der Waals surface area contributed by atoms with Crippen LogP contribution in [0, 0.1) is 10.1 Å². The van der Waals surface area contributed by atoms with Gasteiger partial charge in [-0.3, -0.25) is 14.9 Å². The first-order chi connectivity index (χ1) is 14.9. The van der Waals surface area contributed by atoms with Gasteiger partial charge in [0.25, 0.3) is 5.91 Å². The number of nitrogens with one attached hydrogen (secondary N) is 1. The van der Waals surface area contributed by atoms with E-state index in [0.717, 1.165) is 0 Å². The molecule has 3 N–H and O–H groups in total. The van der Waals surface area contributed by atoms with Gasteiger partial charge in [0.15, 0.2) is 11.4 Å². The number of methoxy groups -OCH3 is 1. The molecule has 0 aliphatic heterocycles. The van der Waals surface area contributed by atoms with Crippen molar-refractivity contribution in [3.8, 4) is 11.6 Å². The lowest BCUT2D eigenvalue weighted by atomic mass is 10.1. The van der Waals surface area contributed by atoms with Crippen molar-refractivity contribution in [3.63, 3.8) is 0 Å². The number of nitro benzene ring substituents is 1. The van der Waals surface area contributed by atoms with Crippen LogP contribution < -0.4 is 15.9 Å². The van der Waals surface area contributed by atoms with Gasteiger partial charge >= 0.3 is 5.69 Å². The van der Waals surface area contributed by atoms with Gasteiger partial charge in [-0.15, -0.1) is 5.10 Å². The normalized spacial score (nSPS) is 11.4. The Morgan fingerprint density at radius 3 is 2.81 bits per heavy atom. The summed E-state index contributed by atoms with van der Waals surface area (Å²) < 4.78 is 10.8. The standard InChI is InChI=1S/C17H19N9O5/c1-4-5-11-14(20-24-25(11)16-15(18)22-31-23-16)17(27)21-19-9(2)10-6-7-13(30-3)12(8-10)26(28)29/h6-8H,4-5H2,1-3H3,(H2,18,22)(H,21,27). The van der Waals surface area contributed by atoms with Crippen molar-refractivity contribution in [2.45, 2.75) is 26.7 Å². The summed E-state index contributed by atoms with van der Waals surface area (Å²) in [6.07, 6.45) is 1.14. The first kappa shape index (κ1) is 21.4. The number of anilines is 1. The van der Waals surface area contributed by atoms with E-state index in [1.54, 1.807) is 13.0 Å². The Hall–Kier alpha value is -4.36. The van der Waals surface area contributed by atoms with Crippen molar-refractivity contribution >= 4 is 23.1 Å². The number of ether oxygens (including phenoxy) is 1. The second kappa shape index (κ2) is 8.98. The predicted molar refractivity (Wildman–Crippen MR) is 107 cm³/mol. The molecule has 162 valence electrons. The average Bonchev–Trinajstić information content (AvgIpc) is 3.37. The number of benzene rings is 1. The van der Waals surface area contributed by atoms with Gasteiger partial charge in [0.05, 0.1) is 23.4 Å². The molecule has 0 aliphatic rings. The van der Waals surface area contributed by atoms with Crippen LogP contribution in [-0.2, 0) is 6.42 Å². The molecular formula is C17H19N9O5. The molecule has 0 fully saturated rings. The highest BCUT2D eigenvalue weighted by atomic mass is 16.6. The molecule has 0 saturated carbocycles. The number of hydrogen-bond donors (Lipinski definition) is 2. The van der Waals surface area contributed by atoms with Gasteiger partial charge in [-0.05, 0) is 35.8 Å². The lowest BCUT2D eigenvalue weighted by Gasteiger charge is -2.06. The minimum atomic E-state index is -0.618. The Labute approximate surface area is 175 Å². The third-order valence-corrected chi connectivity index (χ3v) is 4.28. The zero-order valence-electron chi connectivity index (χ0n) is 16.9. The highest BCUT2D eigenvalue weighted by Crippen LogP contribution is 2.27. The second-order valence-corrected chi connectivity index (χ2v) is 6.30. The minimum absolute atomic E-state index is 0.00387. The molecule has 0 aliphatic carbocycles. The quantitative estimate of drug-likeness (QED) is 0.299. The molecule has 2 heterocycles. The molecule has 14 heteroatoms. The maximum atomic E-state index is 12.7. The van der Waals surface area contributed by atoms with Crippen molar-refractivity contribution in [3.05, 3.63) is 45.3 Å². The topological polar surface area (TPSA) is 189 Å². The van der Waals surface area contributed by atoms with Crippen molar-refractivity contribution in [1.29, 1.82) is 0 Å². The molecule has 3 rings (SSSR count). The second-order valence-electron chi connectivity index (χ2n) is 6.30. The zero-order valence-corrected chi connectivity index (χ0v) is 16.9. The summed E-state index contributed by atoms with van der Waals surface area (Å²) in [5.74, 6) is -0.371. The summed E-state index contributed by atoms with van der Waals surface area (Å²) in [7, 11) is 1.34. The van der Waals surface area contributed by atoms with Crippen LogP contribution in [0.15, 0.2) is 27.9 Å². The van der Waals surface area contributed by atoms with Crippen molar-refractivity contribution < 1.29 is 19.1 Å². The fraction of sp³-hybridized carbons (Fsp3) is 0.294. The van der Waals surface area contributed by atoms with Gasteiger partial charge in [-0.25, -0.2) is 10.1 Å². The fourth-order valence-electron chi connectivity index (χ4n) is 2.76. The number of aromatic nitrogens is 5. The van der Waals surface area contributed by atoms with Crippen LogP contribution >= 0.6 is 0 Å². The van der Waals surface area contributed by atoms with E-state index < -0.39 is 10.8 Å². The summed E-state index contributed by atoms with van der Waals surface area (Å²) in [6.45, 7) is 3.51. The molecule has 0 saturated heterocycles.